The number of amides is 3. The summed E-state index contributed by atoms with van der Waals surface area (Å²) in [7, 11) is 0. The van der Waals surface area contributed by atoms with Gasteiger partial charge in [-0.25, -0.2) is 0 Å². The van der Waals surface area contributed by atoms with Gasteiger partial charge in [0.2, 0.25) is 11.8 Å². The molecule has 134 valence electrons. The van der Waals surface area contributed by atoms with E-state index in [1.807, 2.05) is 22.4 Å². The predicted octanol–water partition coefficient (Wildman–Crippen LogP) is 1.64. The highest BCUT2D eigenvalue weighted by molar-refractivity contribution is 7.12. The maximum Gasteiger partial charge on any atom is 0.264 e. The Bertz CT molecular complexity index is 643. The molecule has 0 N–H and O–H groups in total. The van der Waals surface area contributed by atoms with Gasteiger partial charge in [0.05, 0.1) is 23.4 Å². The molecule has 0 unspecified atom stereocenters. The zero-order valence-electron chi connectivity index (χ0n) is 14.2. The van der Waals surface area contributed by atoms with E-state index in [0.717, 1.165) is 30.6 Å². The Kier molecular flexibility index (Phi) is 4.60. The summed E-state index contributed by atoms with van der Waals surface area (Å²) in [5, 5.41) is 1.91. The molecule has 0 aromatic carbocycles. The van der Waals surface area contributed by atoms with Crippen molar-refractivity contribution >= 4 is 29.1 Å². The van der Waals surface area contributed by atoms with E-state index < -0.39 is 0 Å². The summed E-state index contributed by atoms with van der Waals surface area (Å²) in [6.45, 7) is 3.05. The summed E-state index contributed by atoms with van der Waals surface area (Å²) in [6, 6.07) is 3.74. The molecule has 3 aliphatic rings. The molecule has 4 rings (SSSR count). The van der Waals surface area contributed by atoms with Crippen LogP contribution in [0.2, 0.25) is 0 Å². The number of nitrogens with zero attached hydrogens (tertiary/aromatic N) is 3. The lowest BCUT2D eigenvalue weighted by Gasteiger charge is -2.36. The standard InChI is InChI=1S/C18H23N3O3S/c22-16-13-4-1-2-5-14(13)17(23)21(16)12-19-7-9-20(10-8-19)18(24)15-6-3-11-25-15/h3,6,11,13-14H,1-2,4-5,7-10,12H2/t13-,14-/m0/s1. The molecular formula is C18H23N3O3S. The molecule has 25 heavy (non-hydrogen) atoms. The molecule has 0 radical (unpaired) electrons. The lowest BCUT2D eigenvalue weighted by molar-refractivity contribution is -0.142. The van der Waals surface area contributed by atoms with Crippen LogP contribution in [0.25, 0.3) is 0 Å². The number of rotatable bonds is 3. The monoisotopic (exact) mass is 361 g/mol. The molecule has 0 spiro atoms. The molecular weight excluding hydrogens is 338 g/mol. The third-order valence-electron chi connectivity index (χ3n) is 5.67. The van der Waals surface area contributed by atoms with E-state index in [9.17, 15) is 14.4 Å². The third kappa shape index (κ3) is 3.11. The molecule has 3 fully saturated rings. The van der Waals surface area contributed by atoms with E-state index in [4.69, 9.17) is 0 Å². The van der Waals surface area contributed by atoms with E-state index in [2.05, 4.69) is 4.90 Å². The molecule has 7 heteroatoms. The minimum absolute atomic E-state index is 0.0202. The average molecular weight is 361 g/mol. The Morgan fingerprint density at radius 1 is 1.04 bits per heavy atom. The second kappa shape index (κ2) is 6.88. The highest BCUT2D eigenvalue weighted by atomic mass is 32.1. The van der Waals surface area contributed by atoms with Crippen LogP contribution in [0, 0.1) is 11.8 Å². The summed E-state index contributed by atoms with van der Waals surface area (Å²) >= 11 is 1.46. The van der Waals surface area contributed by atoms with Gasteiger partial charge in [0, 0.05) is 26.2 Å². The number of hydrogen-bond donors (Lipinski definition) is 0. The maximum absolute atomic E-state index is 12.6. The first-order chi connectivity index (χ1) is 12.1. The molecule has 3 heterocycles. The van der Waals surface area contributed by atoms with Crippen LogP contribution in [0.1, 0.15) is 35.4 Å². The van der Waals surface area contributed by atoms with Gasteiger partial charge < -0.3 is 4.90 Å². The van der Waals surface area contributed by atoms with Gasteiger partial charge in [-0.1, -0.05) is 18.9 Å². The number of fused-ring (bicyclic) bond motifs is 1. The van der Waals surface area contributed by atoms with Gasteiger partial charge in [0.25, 0.3) is 5.91 Å². The average Bonchev–Trinajstić information content (AvgIpc) is 3.26. The van der Waals surface area contributed by atoms with E-state index in [0.29, 0.717) is 32.8 Å². The van der Waals surface area contributed by atoms with Crippen molar-refractivity contribution in [1.82, 2.24) is 14.7 Å². The van der Waals surface area contributed by atoms with Gasteiger partial charge in [0.15, 0.2) is 0 Å². The minimum Gasteiger partial charge on any atom is -0.335 e. The molecule has 1 saturated carbocycles. The van der Waals surface area contributed by atoms with Crippen LogP contribution in [0.3, 0.4) is 0 Å². The van der Waals surface area contributed by atoms with Gasteiger partial charge in [0.1, 0.15) is 0 Å². The van der Waals surface area contributed by atoms with Crippen molar-refractivity contribution in [3.05, 3.63) is 22.4 Å². The zero-order valence-corrected chi connectivity index (χ0v) is 15.0. The summed E-state index contributed by atoms with van der Waals surface area (Å²) in [4.78, 5) is 43.7. The zero-order chi connectivity index (χ0) is 17.4. The van der Waals surface area contributed by atoms with E-state index >= 15 is 0 Å². The molecule has 2 atom stereocenters. The summed E-state index contributed by atoms with van der Waals surface area (Å²) in [5.74, 6) is -0.0431. The molecule has 6 nitrogen and oxygen atoms in total. The Hall–Kier alpha value is -1.73. The first-order valence-corrected chi connectivity index (χ1v) is 9.93. The molecule has 1 aromatic rings. The number of carbonyl (C=O) groups excluding carboxylic acids is 3. The van der Waals surface area contributed by atoms with Crippen LogP contribution in [0.15, 0.2) is 17.5 Å². The topological polar surface area (TPSA) is 60.9 Å². The van der Waals surface area contributed by atoms with Crippen LogP contribution in [-0.2, 0) is 9.59 Å². The number of carbonyl (C=O) groups is 3. The summed E-state index contributed by atoms with van der Waals surface area (Å²) in [6.07, 6.45) is 3.82. The Morgan fingerprint density at radius 2 is 1.68 bits per heavy atom. The number of hydrogen-bond acceptors (Lipinski definition) is 5. The van der Waals surface area contributed by atoms with Crippen LogP contribution in [0.5, 0.6) is 0 Å². The predicted molar refractivity (Wildman–Crippen MR) is 94.0 cm³/mol. The van der Waals surface area contributed by atoms with Crippen LogP contribution < -0.4 is 0 Å². The highest BCUT2D eigenvalue weighted by Crippen LogP contribution is 2.38. The maximum atomic E-state index is 12.6. The Morgan fingerprint density at radius 3 is 2.24 bits per heavy atom. The van der Waals surface area contributed by atoms with Crippen molar-refractivity contribution in [3.8, 4) is 0 Å². The van der Waals surface area contributed by atoms with Gasteiger partial charge in [-0.05, 0) is 24.3 Å². The summed E-state index contributed by atoms with van der Waals surface area (Å²) < 4.78 is 0. The number of likely N-dealkylation sites (tertiary alicyclic amines) is 1. The van der Waals surface area contributed by atoms with E-state index in [1.54, 1.807) is 0 Å². The summed E-state index contributed by atoms with van der Waals surface area (Å²) in [5.41, 5.74) is 0. The second-order valence-electron chi connectivity index (χ2n) is 7.13. The molecule has 2 aliphatic heterocycles. The normalized spacial score (nSPS) is 27.7. The van der Waals surface area contributed by atoms with E-state index in [-0.39, 0.29) is 29.6 Å². The van der Waals surface area contributed by atoms with Crippen molar-refractivity contribution in [3.63, 3.8) is 0 Å². The fourth-order valence-electron chi connectivity index (χ4n) is 4.22. The third-order valence-corrected chi connectivity index (χ3v) is 6.52. The van der Waals surface area contributed by atoms with Crippen LogP contribution in [-0.4, -0.2) is 65.3 Å². The number of piperazine rings is 1. The van der Waals surface area contributed by atoms with Gasteiger partial charge >= 0.3 is 0 Å². The first kappa shape index (κ1) is 16.7. The smallest absolute Gasteiger partial charge is 0.264 e. The fourth-order valence-corrected chi connectivity index (χ4v) is 4.91. The number of imide groups is 1. The SMILES string of the molecule is O=C(c1cccs1)N1CCN(CN2C(=O)[C@H]3CCCC[C@@H]3C2=O)CC1. The first-order valence-electron chi connectivity index (χ1n) is 9.05. The van der Waals surface area contributed by atoms with E-state index in [1.165, 1.54) is 16.2 Å². The van der Waals surface area contributed by atoms with Crippen molar-refractivity contribution < 1.29 is 14.4 Å². The Balaban J connectivity index is 1.33. The Labute approximate surface area is 151 Å². The van der Waals surface area contributed by atoms with Crippen LogP contribution in [0.4, 0.5) is 0 Å². The van der Waals surface area contributed by atoms with Crippen molar-refractivity contribution in [2.75, 3.05) is 32.8 Å². The lowest BCUT2D eigenvalue weighted by atomic mass is 9.81. The van der Waals surface area contributed by atoms with Crippen molar-refractivity contribution in [1.29, 1.82) is 0 Å². The fraction of sp³-hybridized carbons (Fsp3) is 0.611. The lowest BCUT2D eigenvalue weighted by Crippen LogP contribution is -2.52. The molecule has 0 bridgehead atoms. The van der Waals surface area contributed by atoms with Crippen molar-refractivity contribution in [2.24, 2.45) is 11.8 Å². The van der Waals surface area contributed by atoms with Gasteiger partial charge in [-0.3, -0.25) is 24.2 Å². The minimum atomic E-state index is -0.0806. The molecule has 1 aliphatic carbocycles. The largest absolute Gasteiger partial charge is 0.335 e. The molecule has 2 saturated heterocycles. The molecule has 1 aromatic heterocycles. The highest BCUT2D eigenvalue weighted by Gasteiger charge is 2.48. The number of thiophene rings is 1. The quantitative estimate of drug-likeness (QED) is 0.768. The molecule has 3 amide bonds. The van der Waals surface area contributed by atoms with Gasteiger partial charge in [-0.15, -0.1) is 11.3 Å². The van der Waals surface area contributed by atoms with Gasteiger partial charge in [-0.2, -0.15) is 0 Å². The van der Waals surface area contributed by atoms with Crippen molar-refractivity contribution in [2.45, 2.75) is 25.7 Å². The second-order valence-corrected chi connectivity index (χ2v) is 8.08. The van der Waals surface area contributed by atoms with Crippen LogP contribution >= 0.6 is 11.3 Å².